The van der Waals surface area contributed by atoms with Crippen molar-refractivity contribution in [1.82, 2.24) is 14.9 Å². The number of para-hydroxylation sites is 2. The fraction of sp³-hybridized carbons (Fsp3) is 0.417. The van der Waals surface area contributed by atoms with Crippen LogP contribution < -0.4 is 10.1 Å². The molecule has 0 aliphatic heterocycles. The molecule has 0 radical (unpaired) electrons. The highest BCUT2D eigenvalue weighted by atomic mass is 16.5. The third-order valence-electron chi connectivity index (χ3n) is 5.11. The minimum absolute atomic E-state index is 0.161. The van der Waals surface area contributed by atoms with Crippen molar-refractivity contribution in [2.45, 2.75) is 52.0 Å². The van der Waals surface area contributed by atoms with Crippen molar-refractivity contribution in [3.8, 4) is 5.75 Å². The SMILES string of the molecule is CCCC(=O)NCCCCCc1nc2ccccc2n1Cc1ccc(OC)cc1. The molecule has 3 aromatic rings. The molecule has 0 fully saturated rings. The lowest BCUT2D eigenvalue weighted by Gasteiger charge is -2.10. The van der Waals surface area contributed by atoms with Gasteiger partial charge < -0.3 is 14.6 Å². The topological polar surface area (TPSA) is 56.2 Å². The van der Waals surface area contributed by atoms with Crippen LogP contribution in [0, 0.1) is 0 Å². The summed E-state index contributed by atoms with van der Waals surface area (Å²) in [6.45, 7) is 3.59. The molecule has 0 aliphatic rings. The minimum atomic E-state index is 0.161. The molecule has 5 heteroatoms. The highest BCUT2D eigenvalue weighted by Crippen LogP contribution is 2.20. The Morgan fingerprint density at radius 3 is 2.62 bits per heavy atom. The van der Waals surface area contributed by atoms with Crippen LogP contribution in [0.15, 0.2) is 48.5 Å². The number of fused-ring (bicyclic) bond motifs is 1. The number of carbonyl (C=O) groups is 1. The Bertz CT molecular complexity index is 916. The maximum absolute atomic E-state index is 11.5. The molecule has 1 N–H and O–H groups in total. The first-order valence-corrected chi connectivity index (χ1v) is 10.5. The van der Waals surface area contributed by atoms with Crippen LogP contribution in [0.4, 0.5) is 0 Å². The van der Waals surface area contributed by atoms with E-state index >= 15 is 0 Å². The van der Waals surface area contributed by atoms with Crippen molar-refractivity contribution in [3.63, 3.8) is 0 Å². The number of hydrogen-bond donors (Lipinski definition) is 1. The molecule has 0 atom stereocenters. The number of nitrogens with zero attached hydrogens (tertiary/aromatic N) is 2. The van der Waals surface area contributed by atoms with E-state index in [0.717, 1.165) is 62.3 Å². The largest absolute Gasteiger partial charge is 0.497 e. The molecule has 2 aromatic carbocycles. The van der Waals surface area contributed by atoms with Gasteiger partial charge >= 0.3 is 0 Å². The molecule has 0 saturated carbocycles. The Kier molecular flexibility index (Phi) is 7.68. The normalized spacial score (nSPS) is 11.0. The number of imidazole rings is 1. The summed E-state index contributed by atoms with van der Waals surface area (Å²) in [4.78, 5) is 16.4. The first-order valence-electron chi connectivity index (χ1n) is 10.5. The zero-order valence-electron chi connectivity index (χ0n) is 17.5. The lowest BCUT2D eigenvalue weighted by Crippen LogP contribution is -2.23. The number of carbonyl (C=O) groups excluding carboxylic acids is 1. The lowest BCUT2D eigenvalue weighted by atomic mass is 10.1. The summed E-state index contributed by atoms with van der Waals surface area (Å²) in [6, 6.07) is 16.5. The van der Waals surface area contributed by atoms with Gasteiger partial charge in [-0.1, -0.05) is 37.6 Å². The Hall–Kier alpha value is -2.82. The zero-order chi connectivity index (χ0) is 20.5. The van der Waals surface area contributed by atoms with E-state index < -0.39 is 0 Å². The standard InChI is InChI=1S/C24H31N3O2/c1-3-9-24(28)25-17-8-4-5-12-23-26-21-10-6-7-11-22(21)27(23)18-19-13-15-20(29-2)16-14-19/h6-7,10-11,13-16H,3-5,8-9,12,17-18H2,1-2H3,(H,25,28). The van der Waals surface area contributed by atoms with Crippen molar-refractivity contribution >= 4 is 16.9 Å². The number of benzene rings is 2. The average molecular weight is 394 g/mol. The summed E-state index contributed by atoms with van der Waals surface area (Å²) < 4.78 is 7.59. The molecule has 0 aliphatic carbocycles. The molecular weight excluding hydrogens is 362 g/mol. The third kappa shape index (κ3) is 5.83. The van der Waals surface area contributed by atoms with Crippen molar-refractivity contribution in [3.05, 3.63) is 59.9 Å². The smallest absolute Gasteiger partial charge is 0.219 e. The fourth-order valence-corrected chi connectivity index (χ4v) is 3.53. The van der Waals surface area contributed by atoms with Crippen LogP contribution in [0.2, 0.25) is 0 Å². The molecule has 29 heavy (non-hydrogen) atoms. The second-order valence-electron chi connectivity index (χ2n) is 7.36. The van der Waals surface area contributed by atoms with Gasteiger partial charge in [-0.25, -0.2) is 4.98 Å². The predicted octanol–water partition coefficient (Wildman–Crippen LogP) is 4.72. The predicted molar refractivity (Wildman–Crippen MR) is 117 cm³/mol. The van der Waals surface area contributed by atoms with Crippen LogP contribution in [0.25, 0.3) is 11.0 Å². The lowest BCUT2D eigenvalue weighted by molar-refractivity contribution is -0.121. The van der Waals surface area contributed by atoms with E-state index in [1.165, 1.54) is 11.1 Å². The minimum Gasteiger partial charge on any atom is -0.497 e. The van der Waals surface area contributed by atoms with Gasteiger partial charge in [-0.2, -0.15) is 0 Å². The van der Waals surface area contributed by atoms with E-state index in [1.807, 2.05) is 25.1 Å². The van der Waals surface area contributed by atoms with Gasteiger partial charge in [0, 0.05) is 25.9 Å². The van der Waals surface area contributed by atoms with E-state index in [9.17, 15) is 4.79 Å². The van der Waals surface area contributed by atoms with Gasteiger partial charge in [0.15, 0.2) is 0 Å². The number of aromatic nitrogens is 2. The van der Waals surface area contributed by atoms with Gasteiger partial charge in [0.1, 0.15) is 11.6 Å². The number of methoxy groups -OCH3 is 1. The molecule has 1 heterocycles. The Morgan fingerprint density at radius 1 is 1.07 bits per heavy atom. The molecule has 0 spiro atoms. The first kappa shape index (κ1) is 20.9. The summed E-state index contributed by atoms with van der Waals surface area (Å²) in [7, 11) is 1.69. The summed E-state index contributed by atoms with van der Waals surface area (Å²) in [5.41, 5.74) is 3.45. The fourth-order valence-electron chi connectivity index (χ4n) is 3.53. The maximum Gasteiger partial charge on any atom is 0.219 e. The van der Waals surface area contributed by atoms with Gasteiger partial charge in [-0.3, -0.25) is 4.79 Å². The molecule has 0 bridgehead atoms. The van der Waals surface area contributed by atoms with Crippen LogP contribution in [0.1, 0.15) is 50.4 Å². The van der Waals surface area contributed by atoms with E-state index in [0.29, 0.717) is 6.42 Å². The van der Waals surface area contributed by atoms with Crippen LogP contribution >= 0.6 is 0 Å². The quantitative estimate of drug-likeness (QED) is 0.480. The highest BCUT2D eigenvalue weighted by Gasteiger charge is 2.11. The Morgan fingerprint density at radius 2 is 1.86 bits per heavy atom. The van der Waals surface area contributed by atoms with Crippen molar-refractivity contribution in [2.24, 2.45) is 0 Å². The monoisotopic (exact) mass is 393 g/mol. The van der Waals surface area contributed by atoms with Crippen molar-refractivity contribution < 1.29 is 9.53 Å². The number of aryl methyl sites for hydroxylation is 1. The molecule has 154 valence electrons. The molecule has 0 saturated heterocycles. The molecule has 1 amide bonds. The molecular formula is C24H31N3O2. The second kappa shape index (κ2) is 10.6. The molecule has 1 aromatic heterocycles. The second-order valence-corrected chi connectivity index (χ2v) is 7.36. The van der Waals surface area contributed by atoms with Gasteiger partial charge in [0.05, 0.1) is 18.1 Å². The van der Waals surface area contributed by atoms with Gasteiger partial charge in [0.25, 0.3) is 0 Å². The van der Waals surface area contributed by atoms with Crippen LogP contribution in [-0.2, 0) is 17.8 Å². The first-order chi connectivity index (χ1) is 14.2. The van der Waals surface area contributed by atoms with Crippen molar-refractivity contribution in [1.29, 1.82) is 0 Å². The van der Waals surface area contributed by atoms with Gasteiger partial charge in [-0.15, -0.1) is 0 Å². The van der Waals surface area contributed by atoms with Gasteiger partial charge in [-0.05, 0) is 49.1 Å². The third-order valence-corrected chi connectivity index (χ3v) is 5.11. The molecule has 0 unspecified atom stereocenters. The van der Waals surface area contributed by atoms with E-state index in [1.54, 1.807) is 7.11 Å². The number of ether oxygens (including phenoxy) is 1. The average Bonchev–Trinajstić information content (AvgIpc) is 3.09. The number of hydrogen-bond acceptors (Lipinski definition) is 3. The van der Waals surface area contributed by atoms with E-state index in [4.69, 9.17) is 9.72 Å². The Labute approximate surface area is 173 Å². The highest BCUT2D eigenvalue weighted by molar-refractivity contribution is 5.76. The van der Waals surface area contributed by atoms with E-state index in [2.05, 4.69) is 40.2 Å². The van der Waals surface area contributed by atoms with E-state index in [-0.39, 0.29) is 5.91 Å². The summed E-state index contributed by atoms with van der Waals surface area (Å²) in [5.74, 6) is 2.15. The van der Waals surface area contributed by atoms with Crippen molar-refractivity contribution in [2.75, 3.05) is 13.7 Å². The van der Waals surface area contributed by atoms with Crippen LogP contribution in [0.3, 0.4) is 0 Å². The molecule has 5 nitrogen and oxygen atoms in total. The zero-order valence-corrected chi connectivity index (χ0v) is 17.5. The number of rotatable bonds is 11. The van der Waals surface area contributed by atoms with Crippen LogP contribution in [0.5, 0.6) is 5.75 Å². The number of amides is 1. The molecule has 3 rings (SSSR count). The summed E-state index contributed by atoms with van der Waals surface area (Å²) in [5, 5.41) is 2.99. The number of unbranched alkanes of at least 4 members (excludes halogenated alkanes) is 2. The van der Waals surface area contributed by atoms with Gasteiger partial charge in [0.2, 0.25) is 5.91 Å². The maximum atomic E-state index is 11.5. The van der Waals surface area contributed by atoms with Crippen LogP contribution in [-0.4, -0.2) is 29.1 Å². The number of nitrogens with one attached hydrogen (secondary N) is 1. The summed E-state index contributed by atoms with van der Waals surface area (Å²) in [6.07, 6.45) is 5.61. The summed E-state index contributed by atoms with van der Waals surface area (Å²) >= 11 is 0. The Balaban J connectivity index is 1.61.